The van der Waals surface area contributed by atoms with Crippen molar-refractivity contribution in [2.24, 2.45) is 0 Å². The van der Waals surface area contributed by atoms with Crippen LogP contribution in [0.3, 0.4) is 0 Å². The van der Waals surface area contributed by atoms with Gasteiger partial charge in [-0.25, -0.2) is 4.39 Å². The first-order chi connectivity index (χ1) is 9.10. The molecule has 0 aliphatic carbocycles. The van der Waals surface area contributed by atoms with Gasteiger partial charge in [-0.1, -0.05) is 24.6 Å². The van der Waals surface area contributed by atoms with Crippen LogP contribution in [0, 0.1) is 5.82 Å². The average Bonchev–Trinajstić information content (AvgIpc) is 2.82. The molecule has 2 nitrogen and oxygen atoms in total. The lowest BCUT2D eigenvalue weighted by Crippen LogP contribution is -2.17. The van der Waals surface area contributed by atoms with E-state index in [2.05, 4.69) is 36.0 Å². The van der Waals surface area contributed by atoms with Crippen molar-refractivity contribution in [1.82, 2.24) is 9.88 Å². The second kappa shape index (κ2) is 6.22. The molecule has 102 valence electrons. The smallest absolute Gasteiger partial charge is 0.124 e. The first kappa shape index (κ1) is 14.1. The fourth-order valence-electron chi connectivity index (χ4n) is 2.08. The standard InChI is InChI=1S/C15H18ClFN2/c1-3-18-11(2)12-6-7-19(9-12)10-13-4-5-14(17)8-15(13)16/h4-9,11,18H,3,10H2,1-2H3. The van der Waals surface area contributed by atoms with E-state index in [1.165, 1.54) is 17.7 Å². The molecule has 4 heteroatoms. The average molecular weight is 281 g/mol. The third kappa shape index (κ3) is 3.58. The summed E-state index contributed by atoms with van der Waals surface area (Å²) in [6, 6.07) is 6.93. The highest BCUT2D eigenvalue weighted by Gasteiger charge is 2.07. The summed E-state index contributed by atoms with van der Waals surface area (Å²) in [5.41, 5.74) is 2.15. The molecule has 1 N–H and O–H groups in total. The van der Waals surface area contributed by atoms with Crippen molar-refractivity contribution in [2.45, 2.75) is 26.4 Å². The molecule has 0 amide bonds. The van der Waals surface area contributed by atoms with Crippen LogP contribution in [0.15, 0.2) is 36.7 Å². The third-order valence-electron chi connectivity index (χ3n) is 3.15. The summed E-state index contributed by atoms with van der Waals surface area (Å²) >= 11 is 6.03. The van der Waals surface area contributed by atoms with Gasteiger partial charge in [0, 0.05) is 30.0 Å². The molecule has 0 aliphatic heterocycles. The summed E-state index contributed by atoms with van der Waals surface area (Å²) in [5.74, 6) is -0.303. The van der Waals surface area contributed by atoms with Crippen molar-refractivity contribution in [2.75, 3.05) is 6.54 Å². The van der Waals surface area contributed by atoms with E-state index in [0.29, 0.717) is 17.6 Å². The highest BCUT2D eigenvalue weighted by Crippen LogP contribution is 2.20. The molecule has 0 radical (unpaired) electrons. The summed E-state index contributed by atoms with van der Waals surface area (Å²) in [5, 5.41) is 3.84. The van der Waals surface area contributed by atoms with Gasteiger partial charge < -0.3 is 9.88 Å². The van der Waals surface area contributed by atoms with E-state index in [4.69, 9.17) is 11.6 Å². The summed E-state index contributed by atoms with van der Waals surface area (Å²) in [7, 11) is 0. The van der Waals surface area contributed by atoms with Crippen LogP contribution in [0.5, 0.6) is 0 Å². The fraction of sp³-hybridized carbons (Fsp3) is 0.333. The molecule has 0 bridgehead atoms. The monoisotopic (exact) mass is 280 g/mol. The molecule has 1 aromatic carbocycles. The molecular weight excluding hydrogens is 263 g/mol. The Morgan fingerprint density at radius 1 is 1.37 bits per heavy atom. The van der Waals surface area contributed by atoms with Crippen LogP contribution in [0.1, 0.15) is 31.0 Å². The Morgan fingerprint density at radius 2 is 2.16 bits per heavy atom. The summed E-state index contributed by atoms with van der Waals surface area (Å²) in [6.07, 6.45) is 4.11. The SMILES string of the molecule is CCNC(C)c1ccn(Cc2ccc(F)cc2Cl)c1. The zero-order chi connectivity index (χ0) is 13.8. The lowest BCUT2D eigenvalue weighted by atomic mass is 10.2. The number of hydrogen-bond donors (Lipinski definition) is 1. The lowest BCUT2D eigenvalue weighted by molar-refractivity contribution is 0.596. The van der Waals surface area contributed by atoms with Crippen LogP contribution in [0.4, 0.5) is 4.39 Å². The maximum atomic E-state index is 13.0. The predicted octanol–water partition coefficient (Wildman–Crippen LogP) is 4.00. The first-order valence-electron chi connectivity index (χ1n) is 6.43. The largest absolute Gasteiger partial charge is 0.350 e. The maximum Gasteiger partial charge on any atom is 0.124 e. The number of halogens is 2. The van der Waals surface area contributed by atoms with E-state index >= 15 is 0 Å². The van der Waals surface area contributed by atoms with E-state index in [1.54, 1.807) is 6.07 Å². The molecule has 1 atom stereocenters. The topological polar surface area (TPSA) is 17.0 Å². The first-order valence-corrected chi connectivity index (χ1v) is 6.81. The van der Waals surface area contributed by atoms with Crippen molar-refractivity contribution >= 4 is 11.6 Å². The summed E-state index contributed by atoms with van der Waals surface area (Å²) < 4.78 is 15.0. The van der Waals surface area contributed by atoms with Crippen LogP contribution in [-0.4, -0.2) is 11.1 Å². The van der Waals surface area contributed by atoms with Gasteiger partial charge in [0.15, 0.2) is 0 Å². The molecule has 1 aromatic heterocycles. The Bertz CT molecular complexity index is 551. The van der Waals surface area contributed by atoms with Crippen molar-refractivity contribution in [1.29, 1.82) is 0 Å². The number of aromatic nitrogens is 1. The molecule has 1 unspecified atom stereocenters. The molecular formula is C15H18ClFN2. The van der Waals surface area contributed by atoms with Crippen LogP contribution >= 0.6 is 11.6 Å². The summed E-state index contributed by atoms with van der Waals surface area (Å²) in [6.45, 7) is 5.81. The Hall–Kier alpha value is -1.32. The van der Waals surface area contributed by atoms with Crippen LogP contribution in [0.2, 0.25) is 5.02 Å². The van der Waals surface area contributed by atoms with Gasteiger partial charge in [0.1, 0.15) is 5.82 Å². The van der Waals surface area contributed by atoms with Gasteiger partial charge >= 0.3 is 0 Å². The number of benzene rings is 1. The molecule has 0 fully saturated rings. The number of hydrogen-bond acceptors (Lipinski definition) is 1. The number of nitrogens with zero attached hydrogens (tertiary/aromatic N) is 1. The molecule has 2 aromatic rings. The van der Waals surface area contributed by atoms with Gasteiger partial charge in [-0.2, -0.15) is 0 Å². The van der Waals surface area contributed by atoms with E-state index in [1.807, 2.05) is 6.20 Å². The molecule has 0 spiro atoms. The van der Waals surface area contributed by atoms with Crippen molar-refractivity contribution < 1.29 is 4.39 Å². The Kier molecular flexibility index (Phi) is 4.61. The van der Waals surface area contributed by atoms with E-state index < -0.39 is 0 Å². The molecule has 2 rings (SSSR count). The molecule has 0 saturated heterocycles. The summed E-state index contributed by atoms with van der Waals surface area (Å²) in [4.78, 5) is 0. The maximum absolute atomic E-state index is 13.0. The highest BCUT2D eigenvalue weighted by molar-refractivity contribution is 6.31. The van der Waals surface area contributed by atoms with Gasteiger partial charge in [-0.15, -0.1) is 0 Å². The van der Waals surface area contributed by atoms with Crippen molar-refractivity contribution in [3.05, 3.63) is 58.6 Å². The predicted molar refractivity (Wildman–Crippen MR) is 77.0 cm³/mol. The van der Waals surface area contributed by atoms with Crippen molar-refractivity contribution in [3.63, 3.8) is 0 Å². The van der Waals surface area contributed by atoms with Gasteiger partial charge in [-0.3, -0.25) is 0 Å². The second-order valence-corrected chi connectivity index (χ2v) is 5.04. The lowest BCUT2D eigenvalue weighted by Gasteiger charge is -2.10. The van der Waals surface area contributed by atoms with Gasteiger partial charge in [0.25, 0.3) is 0 Å². The van der Waals surface area contributed by atoms with E-state index in [9.17, 15) is 4.39 Å². The van der Waals surface area contributed by atoms with E-state index in [-0.39, 0.29) is 5.82 Å². The minimum atomic E-state index is -0.303. The third-order valence-corrected chi connectivity index (χ3v) is 3.50. The molecule has 19 heavy (non-hydrogen) atoms. The Morgan fingerprint density at radius 3 is 2.84 bits per heavy atom. The molecule has 0 saturated carbocycles. The van der Waals surface area contributed by atoms with Crippen LogP contribution in [-0.2, 0) is 6.54 Å². The van der Waals surface area contributed by atoms with Gasteiger partial charge in [0.2, 0.25) is 0 Å². The normalized spacial score (nSPS) is 12.6. The Balaban J connectivity index is 2.11. The van der Waals surface area contributed by atoms with Crippen molar-refractivity contribution in [3.8, 4) is 0 Å². The second-order valence-electron chi connectivity index (χ2n) is 4.63. The Labute approximate surface area is 118 Å². The van der Waals surface area contributed by atoms with Gasteiger partial charge in [0.05, 0.1) is 0 Å². The zero-order valence-corrected chi connectivity index (χ0v) is 11.9. The van der Waals surface area contributed by atoms with E-state index in [0.717, 1.165) is 12.1 Å². The molecule has 0 aliphatic rings. The van der Waals surface area contributed by atoms with Gasteiger partial charge in [-0.05, 0) is 42.8 Å². The minimum absolute atomic E-state index is 0.303. The number of rotatable bonds is 5. The quantitative estimate of drug-likeness (QED) is 0.876. The fourth-order valence-corrected chi connectivity index (χ4v) is 2.31. The zero-order valence-electron chi connectivity index (χ0n) is 11.2. The highest BCUT2D eigenvalue weighted by atomic mass is 35.5. The van der Waals surface area contributed by atoms with Crippen LogP contribution in [0.25, 0.3) is 0 Å². The number of nitrogens with one attached hydrogen (secondary N) is 1. The van der Waals surface area contributed by atoms with Crippen LogP contribution < -0.4 is 5.32 Å². The minimum Gasteiger partial charge on any atom is -0.350 e. The molecule has 1 heterocycles.